The minimum atomic E-state index is -0.912. The fourth-order valence-corrected chi connectivity index (χ4v) is 4.24. The zero-order valence-corrected chi connectivity index (χ0v) is 21.9. The number of fused-ring (bicyclic) bond motifs is 1. The number of carbonyl (C=O) groups excluding carboxylic acids is 2. The van der Waals surface area contributed by atoms with Crippen LogP contribution in [0, 0.1) is 11.3 Å². The molecular formula is C30H22N4O7. The normalized spacial score (nSPS) is 10.6. The highest BCUT2D eigenvalue weighted by molar-refractivity contribution is 6.03. The zero-order valence-electron chi connectivity index (χ0n) is 21.9. The predicted molar refractivity (Wildman–Crippen MR) is 149 cm³/mol. The van der Waals surface area contributed by atoms with Gasteiger partial charge in [-0.05, 0) is 48.0 Å². The SMILES string of the molecule is COc1ccc(-c2oc(NC(=O)COC(=O)c3n[nH]c(=O)c4ccccc34)c(C#N)c2-c2ccc(OC)cc2)cc1. The number of furan rings is 1. The summed E-state index contributed by atoms with van der Waals surface area (Å²) in [5.74, 6) is -0.178. The number of benzene rings is 3. The molecule has 0 fully saturated rings. The lowest BCUT2D eigenvalue weighted by Gasteiger charge is -2.06. The number of hydrogen-bond donors (Lipinski definition) is 2. The van der Waals surface area contributed by atoms with E-state index in [4.69, 9.17) is 18.6 Å². The van der Waals surface area contributed by atoms with Gasteiger partial charge in [0, 0.05) is 16.5 Å². The van der Waals surface area contributed by atoms with Crippen molar-refractivity contribution in [3.05, 3.63) is 94.4 Å². The minimum absolute atomic E-state index is 0.0777. The molecular weight excluding hydrogens is 528 g/mol. The van der Waals surface area contributed by atoms with Crippen molar-refractivity contribution in [2.75, 3.05) is 26.1 Å². The number of nitriles is 1. The molecule has 0 atom stereocenters. The Bertz CT molecular complexity index is 1850. The molecule has 0 aliphatic rings. The summed E-state index contributed by atoms with van der Waals surface area (Å²) in [7, 11) is 3.10. The van der Waals surface area contributed by atoms with E-state index in [1.165, 1.54) is 0 Å². The van der Waals surface area contributed by atoms with Gasteiger partial charge in [0.1, 0.15) is 28.9 Å². The molecule has 11 heteroatoms. The van der Waals surface area contributed by atoms with E-state index >= 15 is 0 Å². The number of hydrogen-bond acceptors (Lipinski definition) is 9. The summed E-state index contributed by atoms with van der Waals surface area (Å²) >= 11 is 0. The Balaban J connectivity index is 1.43. The van der Waals surface area contributed by atoms with Gasteiger partial charge in [-0.3, -0.25) is 14.9 Å². The number of rotatable bonds is 8. The Labute approximate surface area is 232 Å². The summed E-state index contributed by atoms with van der Waals surface area (Å²) in [6.45, 7) is -0.699. The topological polar surface area (TPSA) is 157 Å². The molecule has 1 amide bonds. The predicted octanol–water partition coefficient (Wildman–Crippen LogP) is 4.53. The van der Waals surface area contributed by atoms with Crippen LogP contribution in [0.3, 0.4) is 0 Å². The number of methoxy groups -OCH3 is 2. The van der Waals surface area contributed by atoms with E-state index in [0.29, 0.717) is 33.9 Å². The summed E-state index contributed by atoms with van der Waals surface area (Å²) < 4.78 is 21.7. The van der Waals surface area contributed by atoms with E-state index in [1.54, 1.807) is 87.0 Å². The quantitative estimate of drug-likeness (QED) is 0.265. The molecule has 0 saturated heterocycles. The summed E-state index contributed by atoms with van der Waals surface area (Å²) in [5.41, 5.74) is 1.21. The number of nitrogens with zero attached hydrogens (tertiary/aromatic N) is 2. The summed E-state index contributed by atoms with van der Waals surface area (Å²) in [5, 5.41) is 19.2. The number of aromatic nitrogens is 2. The minimum Gasteiger partial charge on any atom is -0.497 e. The van der Waals surface area contributed by atoms with Crippen LogP contribution in [-0.4, -0.2) is 42.9 Å². The van der Waals surface area contributed by atoms with Crippen LogP contribution in [0.1, 0.15) is 16.1 Å². The average Bonchev–Trinajstić information content (AvgIpc) is 3.38. The molecule has 2 N–H and O–H groups in total. The molecule has 0 spiro atoms. The van der Waals surface area contributed by atoms with Gasteiger partial charge >= 0.3 is 5.97 Å². The van der Waals surface area contributed by atoms with Crippen LogP contribution < -0.4 is 20.3 Å². The van der Waals surface area contributed by atoms with Crippen molar-refractivity contribution >= 4 is 28.5 Å². The smallest absolute Gasteiger partial charge is 0.359 e. The van der Waals surface area contributed by atoms with Crippen LogP contribution >= 0.6 is 0 Å². The summed E-state index contributed by atoms with van der Waals surface area (Å²) in [6.07, 6.45) is 0. The second kappa shape index (κ2) is 11.5. The van der Waals surface area contributed by atoms with Crippen molar-refractivity contribution in [3.8, 4) is 40.0 Å². The number of nitrogens with one attached hydrogen (secondary N) is 2. The second-order valence-corrected chi connectivity index (χ2v) is 8.65. The average molecular weight is 551 g/mol. The summed E-state index contributed by atoms with van der Waals surface area (Å²) in [6, 6.07) is 22.5. The van der Waals surface area contributed by atoms with Gasteiger partial charge in [0.25, 0.3) is 11.5 Å². The lowest BCUT2D eigenvalue weighted by molar-refractivity contribution is -0.119. The highest BCUT2D eigenvalue weighted by Crippen LogP contribution is 2.42. The number of aromatic amines is 1. The molecule has 0 radical (unpaired) electrons. The van der Waals surface area contributed by atoms with E-state index in [9.17, 15) is 19.6 Å². The molecule has 0 saturated carbocycles. The zero-order chi connectivity index (χ0) is 28.9. The first-order chi connectivity index (χ1) is 19.9. The molecule has 5 aromatic rings. The van der Waals surface area contributed by atoms with Crippen LogP contribution in [0.25, 0.3) is 33.2 Å². The van der Waals surface area contributed by atoms with Gasteiger partial charge in [-0.1, -0.05) is 30.3 Å². The van der Waals surface area contributed by atoms with Gasteiger partial charge in [0.15, 0.2) is 12.3 Å². The Hall–Kier alpha value is -5.89. The Morgan fingerprint density at radius 1 is 0.927 bits per heavy atom. The number of ether oxygens (including phenoxy) is 3. The molecule has 0 unspecified atom stereocenters. The van der Waals surface area contributed by atoms with Crippen molar-refractivity contribution < 1.29 is 28.2 Å². The van der Waals surface area contributed by atoms with Crippen LogP contribution in [0.4, 0.5) is 5.88 Å². The number of anilines is 1. The maximum absolute atomic E-state index is 12.8. The fraction of sp³-hybridized carbons (Fsp3) is 0.100. The number of H-pyrrole nitrogens is 1. The first kappa shape index (κ1) is 26.7. The maximum atomic E-state index is 12.8. The first-order valence-corrected chi connectivity index (χ1v) is 12.2. The molecule has 3 aromatic carbocycles. The molecule has 5 rings (SSSR count). The molecule has 0 bridgehead atoms. The van der Waals surface area contributed by atoms with Gasteiger partial charge in [0.05, 0.1) is 19.6 Å². The van der Waals surface area contributed by atoms with Crippen molar-refractivity contribution in [1.82, 2.24) is 10.2 Å². The van der Waals surface area contributed by atoms with Gasteiger partial charge < -0.3 is 18.6 Å². The lowest BCUT2D eigenvalue weighted by Crippen LogP contribution is -2.22. The Morgan fingerprint density at radius 2 is 1.54 bits per heavy atom. The number of amides is 1. The van der Waals surface area contributed by atoms with E-state index in [-0.39, 0.29) is 27.9 Å². The molecule has 0 aliphatic carbocycles. The third kappa shape index (κ3) is 5.35. The first-order valence-electron chi connectivity index (χ1n) is 12.2. The summed E-state index contributed by atoms with van der Waals surface area (Å²) in [4.78, 5) is 37.5. The highest BCUT2D eigenvalue weighted by Gasteiger charge is 2.25. The molecule has 11 nitrogen and oxygen atoms in total. The Morgan fingerprint density at radius 3 is 2.15 bits per heavy atom. The van der Waals surface area contributed by atoms with Crippen LogP contribution in [0.2, 0.25) is 0 Å². The fourth-order valence-electron chi connectivity index (χ4n) is 4.24. The van der Waals surface area contributed by atoms with E-state index in [2.05, 4.69) is 21.6 Å². The van der Waals surface area contributed by atoms with Crippen LogP contribution in [-0.2, 0) is 9.53 Å². The van der Waals surface area contributed by atoms with Crippen molar-refractivity contribution in [1.29, 1.82) is 5.26 Å². The second-order valence-electron chi connectivity index (χ2n) is 8.65. The van der Waals surface area contributed by atoms with Gasteiger partial charge in [-0.2, -0.15) is 10.4 Å². The number of carbonyl (C=O) groups is 2. The van der Waals surface area contributed by atoms with Gasteiger partial charge in [-0.25, -0.2) is 9.89 Å². The third-order valence-electron chi connectivity index (χ3n) is 6.23. The van der Waals surface area contributed by atoms with E-state index in [1.807, 2.05) is 0 Å². The van der Waals surface area contributed by atoms with Crippen molar-refractivity contribution in [3.63, 3.8) is 0 Å². The maximum Gasteiger partial charge on any atom is 0.359 e. The lowest BCUT2D eigenvalue weighted by atomic mass is 9.98. The molecule has 2 aromatic heterocycles. The van der Waals surface area contributed by atoms with Gasteiger partial charge in [-0.15, -0.1) is 0 Å². The molecule has 204 valence electrons. The third-order valence-corrected chi connectivity index (χ3v) is 6.23. The van der Waals surface area contributed by atoms with E-state index in [0.717, 1.165) is 0 Å². The van der Waals surface area contributed by atoms with Crippen LogP contribution in [0.15, 0.2) is 82.0 Å². The number of esters is 1. The highest BCUT2D eigenvalue weighted by atomic mass is 16.5. The standard InChI is InChI=1S/C30H22N4O7/c1-38-19-11-7-17(8-12-19)25-23(15-31)29(41-27(25)18-9-13-20(39-2)14-10-18)32-24(35)16-40-30(37)26-21-5-3-4-6-22(21)28(36)34-33-26/h3-14H,16H2,1-2H3,(H,32,35)(H,34,36). The van der Waals surface area contributed by atoms with Crippen molar-refractivity contribution in [2.45, 2.75) is 0 Å². The molecule has 0 aliphatic heterocycles. The molecule has 2 heterocycles. The van der Waals surface area contributed by atoms with E-state index < -0.39 is 24.0 Å². The molecule has 41 heavy (non-hydrogen) atoms. The van der Waals surface area contributed by atoms with Crippen molar-refractivity contribution in [2.24, 2.45) is 0 Å². The monoisotopic (exact) mass is 550 g/mol. The van der Waals surface area contributed by atoms with Crippen LogP contribution in [0.5, 0.6) is 11.5 Å². The Kier molecular flexibility index (Phi) is 7.47. The largest absolute Gasteiger partial charge is 0.497 e. The van der Waals surface area contributed by atoms with Gasteiger partial charge in [0.2, 0.25) is 5.88 Å².